The Morgan fingerprint density at radius 1 is 1.00 bits per heavy atom. The molecule has 3 aromatic rings. The molecule has 0 unspecified atom stereocenters. The smallest absolute Gasteiger partial charge is 0.343 e. The van der Waals surface area contributed by atoms with Gasteiger partial charge in [0.1, 0.15) is 12.3 Å². The highest BCUT2D eigenvalue weighted by atomic mass is 16.6. The molecule has 2 aromatic carbocycles. The lowest BCUT2D eigenvalue weighted by molar-refractivity contribution is -0.142. The van der Waals surface area contributed by atoms with Gasteiger partial charge in [-0.05, 0) is 23.8 Å². The SMILES string of the molecule is COC(=O)COc1cccc2c(=O)n(CC(=O)NCc3ccccc3)ccc12. The fourth-order valence-electron chi connectivity index (χ4n) is 2.74. The van der Waals surface area contributed by atoms with Crippen LogP contribution in [0.15, 0.2) is 65.6 Å². The summed E-state index contributed by atoms with van der Waals surface area (Å²) in [5, 5.41) is 3.77. The van der Waals surface area contributed by atoms with Crippen molar-refractivity contribution in [3.63, 3.8) is 0 Å². The largest absolute Gasteiger partial charge is 0.481 e. The van der Waals surface area contributed by atoms with E-state index in [1.807, 2.05) is 30.3 Å². The normalized spacial score (nSPS) is 10.5. The Balaban J connectivity index is 1.74. The van der Waals surface area contributed by atoms with Crippen molar-refractivity contribution in [2.24, 2.45) is 0 Å². The first-order valence-corrected chi connectivity index (χ1v) is 8.71. The van der Waals surface area contributed by atoms with E-state index in [9.17, 15) is 14.4 Å². The summed E-state index contributed by atoms with van der Waals surface area (Å²) >= 11 is 0. The molecule has 28 heavy (non-hydrogen) atoms. The highest BCUT2D eigenvalue weighted by molar-refractivity contribution is 5.88. The van der Waals surface area contributed by atoms with Gasteiger partial charge in [-0.2, -0.15) is 0 Å². The van der Waals surface area contributed by atoms with Crippen molar-refractivity contribution < 1.29 is 19.1 Å². The Hall–Kier alpha value is -3.61. The van der Waals surface area contributed by atoms with E-state index in [4.69, 9.17) is 4.74 Å². The van der Waals surface area contributed by atoms with Crippen LogP contribution in [0.1, 0.15) is 5.56 Å². The summed E-state index contributed by atoms with van der Waals surface area (Å²) in [6.45, 7) is 0.0585. The van der Waals surface area contributed by atoms with Crippen molar-refractivity contribution in [1.29, 1.82) is 0 Å². The molecular weight excluding hydrogens is 360 g/mol. The van der Waals surface area contributed by atoms with E-state index in [1.54, 1.807) is 24.3 Å². The summed E-state index contributed by atoms with van der Waals surface area (Å²) in [4.78, 5) is 36.2. The molecule has 0 atom stereocenters. The van der Waals surface area contributed by atoms with Crippen LogP contribution < -0.4 is 15.6 Å². The summed E-state index contributed by atoms with van der Waals surface area (Å²) in [5.74, 6) is -0.371. The van der Waals surface area contributed by atoms with Gasteiger partial charge in [-0.15, -0.1) is 0 Å². The number of hydrogen-bond acceptors (Lipinski definition) is 5. The fourth-order valence-corrected chi connectivity index (χ4v) is 2.74. The van der Waals surface area contributed by atoms with Gasteiger partial charge in [0, 0.05) is 18.1 Å². The molecule has 1 N–H and O–H groups in total. The van der Waals surface area contributed by atoms with E-state index >= 15 is 0 Å². The molecule has 144 valence electrons. The minimum Gasteiger partial charge on any atom is -0.481 e. The molecule has 1 aromatic heterocycles. The van der Waals surface area contributed by atoms with E-state index < -0.39 is 5.97 Å². The van der Waals surface area contributed by atoms with Gasteiger partial charge in [0.15, 0.2) is 6.61 Å². The zero-order chi connectivity index (χ0) is 19.9. The van der Waals surface area contributed by atoms with E-state index in [0.717, 1.165) is 5.56 Å². The molecule has 0 aliphatic heterocycles. The van der Waals surface area contributed by atoms with E-state index in [1.165, 1.54) is 17.9 Å². The average molecular weight is 380 g/mol. The van der Waals surface area contributed by atoms with Crippen LogP contribution in [-0.2, 0) is 27.4 Å². The molecule has 0 radical (unpaired) electrons. The number of methoxy groups -OCH3 is 1. The lowest BCUT2D eigenvalue weighted by Crippen LogP contribution is -2.31. The number of nitrogens with zero attached hydrogens (tertiary/aromatic N) is 1. The second-order valence-electron chi connectivity index (χ2n) is 6.09. The molecule has 0 bridgehead atoms. The number of aromatic nitrogens is 1. The maximum absolute atomic E-state index is 12.7. The number of nitrogens with one attached hydrogen (secondary N) is 1. The van der Waals surface area contributed by atoms with Crippen LogP contribution in [0.2, 0.25) is 0 Å². The Morgan fingerprint density at radius 3 is 2.54 bits per heavy atom. The number of amides is 1. The third-order valence-electron chi connectivity index (χ3n) is 4.20. The fraction of sp³-hybridized carbons (Fsp3) is 0.190. The number of ether oxygens (including phenoxy) is 2. The zero-order valence-corrected chi connectivity index (χ0v) is 15.4. The number of fused-ring (bicyclic) bond motifs is 1. The summed E-state index contributed by atoms with van der Waals surface area (Å²) in [6.07, 6.45) is 1.54. The predicted molar refractivity (Wildman–Crippen MR) is 104 cm³/mol. The topological polar surface area (TPSA) is 86.6 Å². The Kier molecular flexibility index (Phi) is 6.06. The first-order chi connectivity index (χ1) is 13.6. The van der Waals surface area contributed by atoms with Crippen LogP contribution in [0.3, 0.4) is 0 Å². The highest BCUT2D eigenvalue weighted by Crippen LogP contribution is 2.23. The number of esters is 1. The average Bonchev–Trinajstić information content (AvgIpc) is 2.73. The summed E-state index contributed by atoms with van der Waals surface area (Å²) in [7, 11) is 1.27. The second-order valence-corrected chi connectivity index (χ2v) is 6.09. The maximum atomic E-state index is 12.7. The van der Waals surface area contributed by atoms with Gasteiger partial charge < -0.3 is 19.4 Å². The van der Waals surface area contributed by atoms with Crippen molar-refractivity contribution in [2.75, 3.05) is 13.7 Å². The molecule has 0 aliphatic rings. The number of carbonyl (C=O) groups excluding carboxylic acids is 2. The molecule has 0 fully saturated rings. The van der Waals surface area contributed by atoms with Crippen LogP contribution in [0.5, 0.6) is 5.75 Å². The van der Waals surface area contributed by atoms with E-state index in [-0.39, 0.29) is 24.6 Å². The minimum atomic E-state index is -0.513. The molecule has 1 heterocycles. The summed E-state index contributed by atoms with van der Waals surface area (Å²) in [5.41, 5.74) is 0.671. The van der Waals surface area contributed by atoms with Gasteiger partial charge in [0.25, 0.3) is 5.56 Å². The molecule has 0 aliphatic carbocycles. The van der Waals surface area contributed by atoms with E-state index in [0.29, 0.717) is 23.1 Å². The first-order valence-electron chi connectivity index (χ1n) is 8.71. The van der Waals surface area contributed by atoms with Gasteiger partial charge in [0.05, 0.1) is 12.5 Å². The van der Waals surface area contributed by atoms with Crippen LogP contribution in [-0.4, -0.2) is 30.2 Å². The number of pyridine rings is 1. The summed E-state index contributed by atoms with van der Waals surface area (Å²) < 4.78 is 11.3. The highest BCUT2D eigenvalue weighted by Gasteiger charge is 2.11. The lowest BCUT2D eigenvalue weighted by Gasteiger charge is -2.11. The second kappa shape index (κ2) is 8.85. The molecule has 0 saturated carbocycles. The van der Waals surface area contributed by atoms with Gasteiger partial charge in [-0.3, -0.25) is 9.59 Å². The number of carbonyl (C=O) groups is 2. The van der Waals surface area contributed by atoms with Crippen LogP contribution in [0.25, 0.3) is 10.8 Å². The maximum Gasteiger partial charge on any atom is 0.343 e. The molecular formula is C21H20N2O5. The van der Waals surface area contributed by atoms with E-state index in [2.05, 4.69) is 10.1 Å². The number of rotatable bonds is 7. The standard InChI is InChI=1S/C21H20N2O5/c1-27-20(25)14-28-18-9-5-8-17-16(18)10-11-23(21(17)26)13-19(24)22-12-15-6-3-2-4-7-15/h2-11H,12-14H2,1H3,(H,22,24). The molecule has 0 saturated heterocycles. The van der Waals surface area contributed by atoms with Crippen molar-refractivity contribution in [3.8, 4) is 5.75 Å². The number of hydrogen-bond donors (Lipinski definition) is 1. The molecule has 7 nitrogen and oxygen atoms in total. The Labute approximate surface area is 161 Å². The quantitative estimate of drug-likeness (QED) is 0.633. The van der Waals surface area contributed by atoms with Crippen molar-refractivity contribution in [3.05, 3.63) is 76.7 Å². The predicted octanol–water partition coefficient (Wildman–Crippen LogP) is 1.87. The van der Waals surface area contributed by atoms with Crippen molar-refractivity contribution in [1.82, 2.24) is 9.88 Å². The zero-order valence-electron chi connectivity index (χ0n) is 15.4. The third-order valence-corrected chi connectivity index (χ3v) is 4.20. The molecule has 3 rings (SSSR count). The van der Waals surface area contributed by atoms with Crippen molar-refractivity contribution in [2.45, 2.75) is 13.1 Å². The third kappa shape index (κ3) is 4.56. The lowest BCUT2D eigenvalue weighted by atomic mass is 10.1. The van der Waals surface area contributed by atoms with Gasteiger partial charge >= 0.3 is 5.97 Å². The molecule has 7 heteroatoms. The molecule has 1 amide bonds. The van der Waals surface area contributed by atoms with Crippen LogP contribution >= 0.6 is 0 Å². The van der Waals surface area contributed by atoms with Crippen LogP contribution in [0.4, 0.5) is 0 Å². The number of benzene rings is 2. The first kappa shape index (κ1) is 19.2. The monoisotopic (exact) mass is 380 g/mol. The van der Waals surface area contributed by atoms with Crippen LogP contribution in [0, 0.1) is 0 Å². The van der Waals surface area contributed by atoms with Gasteiger partial charge in [-0.25, -0.2) is 4.79 Å². The Morgan fingerprint density at radius 2 is 1.79 bits per heavy atom. The summed E-state index contributed by atoms with van der Waals surface area (Å²) in [6, 6.07) is 16.2. The van der Waals surface area contributed by atoms with Gasteiger partial charge in [0.2, 0.25) is 5.91 Å². The minimum absolute atomic E-state index is 0.0884. The Bertz CT molecular complexity index is 1040. The van der Waals surface area contributed by atoms with Gasteiger partial charge in [-0.1, -0.05) is 36.4 Å². The molecule has 0 spiro atoms. The van der Waals surface area contributed by atoms with Crippen molar-refractivity contribution >= 4 is 22.6 Å².